The molecule has 0 unspecified atom stereocenters. The topological polar surface area (TPSA) is 55.1 Å². The summed E-state index contributed by atoms with van der Waals surface area (Å²) in [5, 5.41) is 2.89. The largest absolute Gasteiger partial charge is 0.391 e. The first-order chi connectivity index (χ1) is 9.84. The molecule has 0 saturated heterocycles. The van der Waals surface area contributed by atoms with E-state index < -0.39 is 11.4 Å². The lowest BCUT2D eigenvalue weighted by atomic mass is 9.77. The van der Waals surface area contributed by atoms with Gasteiger partial charge in [0.15, 0.2) is 0 Å². The van der Waals surface area contributed by atoms with Crippen LogP contribution in [0.3, 0.4) is 0 Å². The minimum atomic E-state index is -0.672. The molecule has 0 spiro atoms. The van der Waals surface area contributed by atoms with Crippen LogP contribution in [-0.4, -0.2) is 16.4 Å². The molecule has 0 aliphatic heterocycles. The highest BCUT2D eigenvalue weighted by molar-refractivity contribution is 7.80. The van der Waals surface area contributed by atoms with Crippen LogP contribution in [0.1, 0.15) is 43.0 Å². The molecule has 3 nitrogen and oxygen atoms in total. The Balaban J connectivity index is 2.19. The lowest BCUT2D eigenvalue weighted by molar-refractivity contribution is 0.0900. The second-order valence-corrected chi connectivity index (χ2v) is 6.56. The number of nitrogens with one attached hydrogen (secondary N) is 1. The number of rotatable bonds is 3. The molecule has 6 heteroatoms. The maximum Gasteiger partial charge on any atom is 0.252 e. The fourth-order valence-corrected chi connectivity index (χ4v) is 2.99. The average molecular weight is 329 g/mol. The Morgan fingerprint density at radius 2 is 2.10 bits per heavy atom. The number of halogens is 2. The molecular formula is C15H18ClFN2OS. The highest BCUT2D eigenvalue weighted by Crippen LogP contribution is 2.32. The van der Waals surface area contributed by atoms with Gasteiger partial charge in [-0.3, -0.25) is 4.79 Å². The Morgan fingerprint density at radius 3 is 2.62 bits per heavy atom. The molecule has 1 fully saturated rings. The van der Waals surface area contributed by atoms with E-state index >= 15 is 0 Å². The van der Waals surface area contributed by atoms with Crippen LogP contribution in [-0.2, 0) is 0 Å². The van der Waals surface area contributed by atoms with Crippen LogP contribution in [0, 0.1) is 11.7 Å². The van der Waals surface area contributed by atoms with Crippen molar-refractivity contribution < 1.29 is 9.18 Å². The molecule has 0 atom stereocenters. The van der Waals surface area contributed by atoms with Gasteiger partial charge in [-0.05, 0) is 49.8 Å². The zero-order valence-corrected chi connectivity index (χ0v) is 13.4. The van der Waals surface area contributed by atoms with Gasteiger partial charge in [0.25, 0.3) is 5.91 Å². The standard InChI is InChI=1S/C15H18ClFN2OS/c1-9-4-6-15(7-5-9,14(18)21)19-13(20)10-2-3-11(16)12(17)8-10/h2-3,8-9H,4-7H2,1H3,(H2,18,21)(H,19,20). The van der Waals surface area contributed by atoms with Crippen molar-refractivity contribution in [2.24, 2.45) is 11.7 Å². The maximum atomic E-state index is 13.5. The van der Waals surface area contributed by atoms with Gasteiger partial charge in [-0.1, -0.05) is 30.7 Å². The van der Waals surface area contributed by atoms with Gasteiger partial charge in [-0.2, -0.15) is 0 Å². The molecule has 1 amide bonds. The van der Waals surface area contributed by atoms with E-state index in [-0.39, 0.29) is 21.5 Å². The molecule has 0 radical (unpaired) electrons. The zero-order chi connectivity index (χ0) is 15.6. The van der Waals surface area contributed by atoms with E-state index in [0.29, 0.717) is 18.8 Å². The monoisotopic (exact) mass is 328 g/mol. The van der Waals surface area contributed by atoms with Gasteiger partial charge in [0, 0.05) is 5.56 Å². The summed E-state index contributed by atoms with van der Waals surface area (Å²) in [5.41, 5.74) is 5.39. The minimum absolute atomic E-state index is 0.0119. The quantitative estimate of drug-likeness (QED) is 0.836. The predicted molar refractivity (Wildman–Crippen MR) is 86.0 cm³/mol. The number of carbonyl (C=O) groups excluding carboxylic acids is 1. The molecule has 1 aromatic carbocycles. The summed E-state index contributed by atoms with van der Waals surface area (Å²) in [5.74, 6) is -0.406. The summed E-state index contributed by atoms with van der Waals surface area (Å²) in [6.45, 7) is 2.17. The molecule has 3 N–H and O–H groups in total. The lowest BCUT2D eigenvalue weighted by Gasteiger charge is -2.39. The Morgan fingerprint density at radius 1 is 1.48 bits per heavy atom. The molecule has 0 bridgehead atoms. The van der Waals surface area contributed by atoms with Crippen molar-refractivity contribution in [3.05, 3.63) is 34.6 Å². The van der Waals surface area contributed by atoms with E-state index in [1.807, 2.05) is 0 Å². The maximum absolute atomic E-state index is 13.5. The molecule has 1 aromatic rings. The fraction of sp³-hybridized carbons (Fsp3) is 0.467. The smallest absolute Gasteiger partial charge is 0.252 e. The first kappa shape index (κ1) is 16.2. The van der Waals surface area contributed by atoms with Crippen molar-refractivity contribution >= 4 is 34.7 Å². The summed E-state index contributed by atoms with van der Waals surface area (Å²) in [6, 6.07) is 3.97. The molecule has 1 aliphatic rings. The average Bonchev–Trinajstić information content (AvgIpc) is 2.44. The summed E-state index contributed by atoms with van der Waals surface area (Å²) < 4.78 is 13.5. The van der Waals surface area contributed by atoms with E-state index in [0.717, 1.165) is 18.9 Å². The number of hydrogen-bond donors (Lipinski definition) is 2. The van der Waals surface area contributed by atoms with Crippen LogP contribution in [0.25, 0.3) is 0 Å². The molecule has 1 aliphatic carbocycles. The highest BCUT2D eigenvalue weighted by atomic mass is 35.5. The summed E-state index contributed by atoms with van der Waals surface area (Å²) in [6.07, 6.45) is 3.33. The first-order valence-corrected chi connectivity index (χ1v) is 7.70. The van der Waals surface area contributed by atoms with Crippen molar-refractivity contribution in [3.63, 3.8) is 0 Å². The van der Waals surface area contributed by atoms with E-state index in [2.05, 4.69) is 12.2 Å². The molecule has 0 aromatic heterocycles. The Bertz CT molecular complexity index is 571. The third kappa shape index (κ3) is 3.52. The Kier molecular flexibility index (Phi) is 4.84. The van der Waals surface area contributed by atoms with Crippen molar-refractivity contribution in [2.45, 2.75) is 38.1 Å². The lowest BCUT2D eigenvalue weighted by Crippen LogP contribution is -2.58. The predicted octanol–water partition coefficient (Wildman–Crippen LogP) is 3.44. The molecular weight excluding hydrogens is 311 g/mol. The molecule has 1 saturated carbocycles. The van der Waals surface area contributed by atoms with Crippen molar-refractivity contribution in [1.82, 2.24) is 5.32 Å². The molecule has 21 heavy (non-hydrogen) atoms. The van der Waals surface area contributed by atoms with Crippen molar-refractivity contribution in [2.75, 3.05) is 0 Å². The van der Waals surface area contributed by atoms with Gasteiger partial charge in [0.05, 0.1) is 15.6 Å². The van der Waals surface area contributed by atoms with Crippen molar-refractivity contribution in [1.29, 1.82) is 0 Å². The van der Waals surface area contributed by atoms with E-state index in [1.54, 1.807) is 0 Å². The van der Waals surface area contributed by atoms with Gasteiger partial charge < -0.3 is 11.1 Å². The number of nitrogens with two attached hydrogens (primary N) is 1. The van der Waals surface area contributed by atoms with Crippen LogP contribution in [0.2, 0.25) is 5.02 Å². The summed E-state index contributed by atoms with van der Waals surface area (Å²) in [4.78, 5) is 12.6. The van der Waals surface area contributed by atoms with Gasteiger partial charge in [-0.25, -0.2) is 4.39 Å². The fourth-order valence-electron chi connectivity index (χ4n) is 2.61. The molecule has 0 heterocycles. The normalized spacial score (nSPS) is 25.4. The molecule has 114 valence electrons. The van der Waals surface area contributed by atoms with Gasteiger partial charge in [0.1, 0.15) is 5.82 Å². The van der Waals surface area contributed by atoms with Crippen LogP contribution in [0.5, 0.6) is 0 Å². The first-order valence-electron chi connectivity index (χ1n) is 6.91. The number of benzene rings is 1. The Labute approximate surface area is 134 Å². The number of thiocarbonyl (C=S) groups is 1. The van der Waals surface area contributed by atoms with Gasteiger partial charge in [0.2, 0.25) is 0 Å². The number of hydrogen-bond acceptors (Lipinski definition) is 2. The van der Waals surface area contributed by atoms with Crippen LogP contribution >= 0.6 is 23.8 Å². The second kappa shape index (κ2) is 6.28. The zero-order valence-electron chi connectivity index (χ0n) is 11.8. The van der Waals surface area contributed by atoms with E-state index in [1.165, 1.54) is 12.1 Å². The van der Waals surface area contributed by atoms with Crippen LogP contribution in [0.15, 0.2) is 18.2 Å². The Hall–Kier alpha value is -1.20. The SMILES string of the molecule is CC1CCC(NC(=O)c2ccc(Cl)c(F)c2)(C(N)=S)CC1. The number of amides is 1. The minimum Gasteiger partial charge on any atom is -0.391 e. The van der Waals surface area contributed by atoms with Gasteiger partial charge in [-0.15, -0.1) is 0 Å². The summed E-state index contributed by atoms with van der Waals surface area (Å²) in [7, 11) is 0. The van der Waals surface area contributed by atoms with Gasteiger partial charge >= 0.3 is 0 Å². The number of carbonyl (C=O) groups is 1. The third-order valence-corrected chi connectivity index (χ3v) is 4.83. The van der Waals surface area contributed by atoms with Crippen molar-refractivity contribution in [3.8, 4) is 0 Å². The third-order valence-electron chi connectivity index (χ3n) is 4.13. The molecule has 2 rings (SSSR count). The highest BCUT2D eigenvalue weighted by Gasteiger charge is 2.38. The van der Waals surface area contributed by atoms with Crippen LogP contribution < -0.4 is 11.1 Å². The van der Waals surface area contributed by atoms with E-state index in [9.17, 15) is 9.18 Å². The van der Waals surface area contributed by atoms with E-state index in [4.69, 9.17) is 29.6 Å². The summed E-state index contributed by atoms with van der Waals surface area (Å²) >= 11 is 10.8. The van der Waals surface area contributed by atoms with Crippen LogP contribution in [0.4, 0.5) is 4.39 Å². The second-order valence-electron chi connectivity index (χ2n) is 5.71.